The van der Waals surface area contributed by atoms with Crippen LogP contribution < -0.4 is 20.1 Å². The molecular weight excluding hydrogens is 346 g/mol. The molecule has 0 fully saturated rings. The third-order valence-corrected chi connectivity index (χ3v) is 4.63. The van der Waals surface area contributed by atoms with Crippen molar-refractivity contribution in [2.75, 3.05) is 45.4 Å². The molecule has 2 rings (SSSR count). The van der Waals surface area contributed by atoms with Crippen molar-refractivity contribution in [3.8, 4) is 11.5 Å². The van der Waals surface area contributed by atoms with Crippen LogP contribution in [0.25, 0.3) is 0 Å². The number of guanidine groups is 1. The maximum Gasteiger partial charge on any atom is 0.190 e. The largest absolute Gasteiger partial charge is 0.486 e. The highest BCUT2D eigenvalue weighted by Gasteiger charge is 2.16. The standard InChI is InChI=1S/C17H26ClN3O2S/c1-19-17(20-6-3-4-10-24-2)21-7-5-13-11-14(18)16-15(12-13)22-8-9-23-16/h11-12H,3-10H2,1-2H3,(H2,19,20,21). The van der Waals surface area contributed by atoms with Crippen LogP contribution >= 0.6 is 23.4 Å². The molecular formula is C17H26ClN3O2S. The van der Waals surface area contributed by atoms with Crippen molar-refractivity contribution in [3.63, 3.8) is 0 Å². The Bertz CT molecular complexity index is 555. The SMILES string of the molecule is CN=C(NCCCCSC)NCCc1cc(Cl)c2c(c1)OCCO2. The summed E-state index contributed by atoms with van der Waals surface area (Å²) in [6.07, 6.45) is 5.35. The summed E-state index contributed by atoms with van der Waals surface area (Å²) < 4.78 is 11.1. The van der Waals surface area contributed by atoms with Gasteiger partial charge in [-0.1, -0.05) is 11.6 Å². The monoisotopic (exact) mass is 371 g/mol. The van der Waals surface area contributed by atoms with Gasteiger partial charge in [0, 0.05) is 20.1 Å². The van der Waals surface area contributed by atoms with E-state index in [1.165, 1.54) is 12.2 Å². The van der Waals surface area contributed by atoms with Crippen LogP contribution in [0.5, 0.6) is 11.5 Å². The van der Waals surface area contributed by atoms with Gasteiger partial charge < -0.3 is 20.1 Å². The Morgan fingerprint density at radius 3 is 2.79 bits per heavy atom. The number of nitrogens with zero attached hydrogens (tertiary/aromatic N) is 1. The summed E-state index contributed by atoms with van der Waals surface area (Å²) in [5, 5.41) is 7.27. The van der Waals surface area contributed by atoms with Gasteiger partial charge in [-0.3, -0.25) is 4.99 Å². The lowest BCUT2D eigenvalue weighted by molar-refractivity contribution is 0.171. The first-order chi connectivity index (χ1) is 11.7. The Morgan fingerprint density at radius 1 is 1.21 bits per heavy atom. The van der Waals surface area contributed by atoms with Gasteiger partial charge in [-0.25, -0.2) is 0 Å². The second kappa shape index (κ2) is 10.6. The second-order valence-corrected chi connectivity index (χ2v) is 6.87. The fourth-order valence-electron chi connectivity index (χ4n) is 2.43. The minimum absolute atomic E-state index is 0.548. The summed E-state index contributed by atoms with van der Waals surface area (Å²) >= 11 is 8.15. The topological polar surface area (TPSA) is 54.9 Å². The van der Waals surface area contributed by atoms with Crippen LogP contribution in [0.2, 0.25) is 5.02 Å². The zero-order valence-electron chi connectivity index (χ0n) is 14.4. The molecule has 0 saturated heterocycles. The Kier molecular flexibility index (Phi) is 8.39. The predicted molar refractivity (Wildman–Crippen MR) is 103 cm³/mol. The molecule has 24 heavy (non-hydrogen) atoms. The van der Waals surface area contributed by atoms with E-state index in [1.807, 2.05) is 23.9 Å². The summed E-state index contributed by atoms with van der Waals surface area (Å²) in [5.74, 6) is 3.43. The molecule has 0 aliphatic carbocycles. The number of ether oxygens (including phenoxy) is 2. The molecule has 0 radical (unpaired) electrons. The average Bonchev–Trinajstić information content (AvgIpc) is 2.60. The van der Waals surface area contributed by atoms with Gasteiger partial charge in [0.15, 0.2) is 17.5 Å². The van der Waals surface area contributed by atoms with Crippen molar-refractivity contribution >= 4 is 29.3 Å². The summed E-state index contributed by atoms with van der Waals surface area (Å²) in [6.45, 7) is 2.83. The minimum Gasteiger partial charge on any atom is -0.486 e. The Morgan fingerprint density at radius 2 is 2.00 bits per heavy atom. The van der Waals surface area contributed by atoms with Crippen LogP contribution in [0.3, 0.4) is 0 Å². The molecule has 134 valence electrons. The third-order valence-electron chi connectivity index (χ3n) is 3.65. The van der Waals surface area contributed by atoms with Gasteiger partial charge in [-0.2, -0.15) is 11.8 Å². The summed E-state index contributed by atoms with van der Waals surface area (Å²) in [6, 6.07) is 3.94. The van der Waals surface area contributed by atoms with Gasteiger partial charge >= 0.3 is 0 Å². The first-order valence-electron chi connectivity index (χ1n) is 8.26. The van der Waals surface area contributed by atoms with Crippen LogP contribution in [-0.4, -0.2) is 51.3 Å². The van der Waals surface area contributed by atoms with Gasteiger partial charge in [0.05, 0.1) is 5.02 Å². The number of rotatable bonds is 8. The molecule has 0 bridgehead atoms. The lowest BCUT2D eigenvalue weighted by Gasteiger charge is -2.20. The smallest absolute Gasteiger partial charge is 0.190 e. The van der Waals surface area contributed by atoms with Gasteiger partial charge in [-0.15, -0.1) is 0 Å². The van der Waals surface area contributed by atoms with Crippen molar-refractivity contribution in [1.82, 2.24) is 10.6 Å². The first kappa shape index (κ1) is 19.1. The Balaban J connectivity index is 1.75. The molecule has 2 N–H and O–H groups in total. The molecule has 0 aromatic heterocycles. The van der Waals surface area contributed by atoms with E-state index in [2.05, 4.69) is 21.9 Å². The normalized spacial score (nSPS) is 13.7. The van der Waals surface area contributed by atoms with E-state index in [0.29, 0.717) is 24.0 Å². The lowest BCUT2D eigenvalue weighted by atomic mass is 10.1. The number of aliphatic imine (C=N–C) groups is 1. The van der Waals surface area contributed by atoms with Crippen LogP contribution in [-0.2, 0) is 6.42 Å². The number of fused-ring (bicyclic) bond motifs is 1. The molecule has 1 aliphatic rings. The number of benzene rings is 1. The third kappa shape index (κ3) is 5.98. The van der Waals surface area contributed by atoms with E-state index in [-0.39, 0.29) is 0 Å². The number of unbranched alkanes of at least 4 members (excludes halogenated alkanes) is 1. The van der Waals surface area contributed by atoms with E-state index < -0.39 is 0 Å². The fourth-order valence-corrected chi connectivity index (χ4v) is 3.21. The zero-order valence-corrected chi connectivity index (χ0v) is 15.9. The van der Waals surface area contributed by atoms with Crippen LogP contribution in [0.1, 0.15) is 18.4 Å². The van der Waals surface area contributed by atoms with Gasteiger partial charge in [0.2, 0.25) is 0 Å². The van der Waals surface area contributed by atoms with E-state index in [4.69, 9.17) is 21.1 Å². The number of hydrogen-bond acceptors (Lipinski definition) is 4. The molecule has 0 unspecified atom stereocenters. The number of halogens is 1. The highest BCUT2D eigenvalue weighted by atomic mass is 35.5. The van der Waals surface area contributed by atoms with E-state index in [1.54, 1.807) is 7.05 Å². The quantitative estimate of drug-likeness (QED) is 0.418. The molecule has 0 saturated carbocycles. The number of nitrogens with one attached hydrogen (secondary N) is 2. The second-order valence-electron chi connectivity index (χ2n) is 5.48. The van der Waals surface area contributed by atoms with Crippen molar-refractivity contribution in [1.29, 1.82) is 0 Å². The summed E-state index contributed by atoms with van der Waals surface area (Å²) in [7, 11) is 1.79. The molecule has 5 nitrogen and oxygen atoms in total. The maximum atomic E-state index is 6.26. The van der Waals surface area contributed by atoms with Crippen molar-refractivity contribution in [2.24, 2.45) is 4.99 Å². The molecule has 1 aliphatic heterocycles. The van der Waals surface area contributed by atoms with Crippen LogP contribution in [0, 0.1) is 0 Å². The molecule has 7 heteroatoms. The number of thioether (sulfide) groups is 1. The predicted octanol–water partition coefficient (Wildman–Crippen LogP) is 2.96. The lowest BCUT2D eigenvalue weighted by Crippen LogP contribution is -2.38. The molecule has 0 atom stereocenters. The summed E-state index contributed by atoms with van der Waals surface area (Å²) in [5.41, 5.74) is 1.12. The number of hydrogen-bond donors (Lipinski definition) is 2. The molecule has 0 amide bonds. The zero-order chi connectivity index (χ0) is 17.2. The average molecular weight is 372 g/mol. The highest BCUT2D eigenvalue weighted by molar-refractivity contribution is 7.98. The van der Waals surface area contributed by atoms with Crippen LogP contribution in [0.15, 0.2) is 17.1 Å². The first-order valence-corrected chi connectivity index (χ1v) is 10.0. The molecule has 1 aromatic rings. The van der Waals surface area contributed by atoms with Crippen molar-refractivity contribution in [2.45, 2.75) is 19.3 Å². The summed E-state index contributed by atoms with van der Waals surface area (Å²) in [4.78, 5) is 4.24. The van der Waals surface area contributed by atoms with Gasteiger partial charge in [0.1, 0.15) is 13.2 Å². The van der Waals surface area contributed by atoms with E-state index >= 15 is 0 Å². The Labute approximate surface area is 153 Å². The van der Waals surface area contributed by atoms with E-state index in [0.717, 1.165) is 43.2 Å². The Hall–Kier alpha value is -1.27. The minimum atomic E-state index is 0.548. The van der Waals surface area contributed by atoms with Crippen molar-refractivity contribution < 1.29 is 9.47 Å². The van der Waals surface area contributed by atoms with E-state index in [9.17, 15) is 0 Å². The molecule has 1 aromatic carbocycles. The fraction of sp³-hybridized carbons (Fsp3) is 0.588. The molecule has 0 spiro atoms. The highest BCUT2D eigenvalue weighted by Crippen LogP contribution is 2.38. The van der Waals surface area contributed by atoms with Crippen LogP contribution in [0.4, 0.5) is 0 Å². The molecule has 1 heterocycles. The van der Waals surface area contributed by atoms with Crippen molar-refractivity contribution in [3.05, 3.63) is 22.7 Å². The van der Waals surface area contributed by atoms with Gasteiger partial charge in [0.25, 0.3) is 0 Å². The van der Waals surface area contributed by atoms with Gasteiger partial charge in [-0.05, 0) is 49.0 Å². The maximum absolute atomic E-state index is 6.26.